The first-order valence-corrected chi connectivity index (χ1v) is 15.9. The Morgan fingerprint density at radius 1 is 1.12 bits per heavy atom. The van der Waals surface area contributed by atoms with Crippen LogP contribution in [-0.4, -0.2) is 43.5 Å². The van der Waals surface area contributed by atoms with E-state index in [0.29, 0.717) is 22.0 Å². The van der Waals surface area contributed by atoms with Crippen molar-refractivity contribution in [2.75, 3.05) is 21.1 Å². The summed E-state index contributed by atoms with van der Waals surface area (Å²) in [5, 5.41) is 3.21. The molecule has 0 radical (unpaired) electrons. The van der Waals surface area contributed by atoms with Crippen LogP contribution in [-0.2, 0) is 15.4 Å². The SMILES string of the molecule is O=C(Nc1cncc(Cl)c1)c1ccc2c(c1)C1(CCSCC1)C(C1CC1)N2S(=O)(=O)c1cccc(OC(F)F)c1. The molecule has 3 aromatic rings. The summed E-state index contributed by atoms with van der Waals surface area (Å²) in [6.07, 6.45) is 6.33. The largest absolute Gasteiger partial charge is 0.435 e. The normalized spacial score (nSPS) is 20.0. The van der Waals surface area contributed by atoms with Crippen molar-refractivity contribution in [2.45, 2.75) is 48.6 Å². The third-order valence-corrected chi connectivity index (χ3v) is 10.8. The molecule has 1 atom stereocenters. The second-order valence-electron chi connectivity index (χ2n) is 10.3. The summed E-state index contributed by atoms with van der Waals surface area (Å²) < 4.78 is 60.3. The van der Waals surface area contributed by atoms with Crippen LogP contribution in [0, 0.1) is 5.92 Å². The second-order valence-corrected chi connectivity index (χ2v) is 13.8. The lowest BCUT2D eigenvalue weighted by Gasteiger charge is -2.41. The van der Waals surface area contributed by atoms with E-state index in [1.807, 2.05) is 17.8 Å². The van der Waals surface area contributed by atoms with Gasteiger partial charge in [0.2, 0.25) is 0 Å². The Morgan fingerprint density at radius 3 is 2.60 bits per heavy atom. The zero-order chi connectivity index (χ0) is 28.1. The van der Waals surface area contributed by atoms with Gasteiger partial charge in [0.15, 0.2) is 0 Å². The quantitative estimate of drug-likeness (QED) is 0.338. The summed E-state index contributed by atoms with van der Waals surface area (Å²) >= 11 is 7.86. The Bertz CT molecular complexity index is 1560. The Kier molecular flexibility index (Phi) is 7.16. The van der Waals surface area contributed by atoms with Gasteiger partial charge in [0.1, 0.15) is 5.75 Å². The number of sulfonamides is 1. The van der Waals surface area contributed by atoms with Gasteiger partial charge in [-0.15, -0.1) is 0 Å². The fraction of sp³-hybridized carbons (Fsp3) is 0.357. The number of aromatic nitrogens is 1. The zero-order valence-electron chi connectivity index (χ0n) is 21.2. The first-order valence-electron chi connectivity index (χ1n) is 12.9. The standard InChI is InChI=1S/C28H26ClF2N3O4S2/c29-19-13-20(16-32-15-19)33-26(35)18-6-7-24-23(12-18)28(8-10-39-11-9-28)25(17-4-5-17)34(24)40(36,37)22-3-1-2-21(14-22)38-27(30)31/h1-3,6-7,12-17,25,27H,4-5,8-11H2,(H,33,35). The summed E-state index contributed by atoms with van der Waals surface area (Å²) in [7, 11) is -4.15. The molecular weight excluding hydrogens is 580 g/mol. The third-order valence-electron chi connectivity index (χ3n) is 7.86. The molecule has 2 fully saturated rings. The number of thioether (sulfide) groups is 1. The summed E-state index contributed by atoms with van der Waals surface area (Å²) in [6, 6.07) is 11.7. The zero-order valence-corrected chi connectivity index (χ0v) is 23.6. The van der Waals surface area contributed by atoms with Crippen LogP contribution in [0.5, 0.6) is 5.75 Å². The summed E-state index contributed by atoms with van der Waals surface area (Å²) in [5.41, 5.74) is 1.76. The van der Waals surface area contributed by atoms with Crippen LogP contribution in [0.25, 0.3) is 0 Å². The molecule has 1 aromatic heterocycles. The highest BCUT2D eigenvalue weighted by atomic mass is 35.5. The minimum absolute atomic E-state index is 0.111. The summed E-state index contributed by atoms with van der Waals surface area (Å²) in [4.78, 5) is 17.2. The van der Waals surface area contributed by atoms with E-state index in [1.54, 1.807) is 18.2 Å². The maximum absolute atomic E-state index is 14.3. The first-order chi connectivity index (χ1) is 19.2. The topological polar surface area (TPSA) is 88.6 Å². The van der Waals surface area contributed by atoms with Crippen LogP contribution in [0.3, 0.4) is 0 Å². The van der Waals surface area contributed by atoms with Gasteiger partial charge in [0.05, 0.1) is 33.5 Å². The van der Waals surface area contributed by atoms with Gasteiger partial charge in [0, 0.05) is 23.2 Å². The van der Waals surface area contributed by atoms with Crippen molar-refractivity contribution in [3.8, 4) is 5.75 Å². The fourth-order valence-electron chi connectivity index (χ4n) is 6.04. The number of anilines is 2. The molecule has 1 spiro atoms. The van der Waals surface area contributed by atoms with E-state index in [9.17, 15) is 22.0 Å². The number of nitrogens with one attached hydrogen (secondary N) is 1. The van der Waals surface area contributed by atoms with Crippen LogP contribution < -0.4 is 14.4 Å². The molecule has 40 heavy (non-hydrogen) atoms. The maximum atomic E-state index is 14.3. The number of halogens is 3. The number of nitrogens with zero attached hydrogens (tertiary/aromatic N) is 2. The second kappa shape index (κ2) is 10.5. The molecule has 6 rings (SSSR count). The first kappa shape index (κ1) is 27.3. The van der Waals surface area contributed by atoms with Crippen molar-refractivity contribution in [1.82, 2.24) is 4.98 Å². The predicted octanol–water partition coefficient (Wildman–Crippen LogP) is 6.34. The number of hydrogen-bond donors (Lipinski definition) is 1. The molecule has 2 aromatic carbocycles. The third kappa shape index (κ3) is 4.92. The highest BCUT2D eigenvalue weighted by Crippen LogP contribution is 2.59. The Labute approximate surface area is 240 Å². The number of benzene rings is 2. The Balaban J connectivity index is 1.44. The molecule has 0 bridgehead atoms. The Morgan fingerprint density at radius 2 is 1.90 bits per heavy atom. The molecular formula is C28H26ClF2N3O4S2. The predicted molar refractivity (Wildman–Crippen MR) is 151 cm³/mol. The minimum atomic E-state index is -4.15. The highest BCUT2D eigenvalue weighted by molar-refractivity contribution is 7.99. The van der Waals surface area contributed by atoms with Gasteiger partial charge in [-0.25, -0.2) is 8.42 Å². The average molecular weight is 606 g/mol. The molecule has 2 aliphatic heterocycles. The van der Waals surface area contributed by atoms with Crippen LogP contribution in [0.1, 0.15) is 41.6 Å². The van der Waals surface area contributed by atoms with Gasteiger partial charge in [-0.1, -0.05) is 17.7 Å². The lowest BCUT2D eigenvalue weighted by atomic mass is 9.70. The average Bonchev–Trinajstić information content (AvgIpc) is 3.73. The molecule has 3 heterocycles. The van der Waals surface area contributed by atoms with Gasteiger partial charge in [-0.05, 0) is 85.1 Å². The molecule has 1 saturated heterocycles. The smallest absolute Gasteiger partial charge is 0.387 e. The van der Waals surface area contributed by atoms with Gasteiger partial charge in [0.25, 0.3) is 15.9 Å². The number of rotatable bonds is 7. The monoisotopic (exact) mass is 605 g/mol. The van der Waals surface area contributed by atoms with Crippen molar-refractivity contribution < 1.29 is 26.7 Å². The lowest BCUT2D eigenvalue weighted by molar-refractivity contribution is -0.0500. The van der Waals surface area contributed by atoms with E-state index in [2.05, 4.69) is 15.0 Å². The van der Waals surface area contributed by atoms with Gasteiger partial charge < -0.3 is 10.1 Å². The summed E-state index contributed by atoms with van der Waals surface area (Å²) in [5.74, 6) is 1.34. The van der Waals surface area contributed by atoms with Crippen molar-refractivity contribution in [1.29, 1.82) is 0 Å². The number of amides is 1. The van der Waals surface area contributed by atoms with Crippen molar-refractivity contribution >= 4 is 50.7 Å². The van der Waals surface area contributed by atoms with Crippen molar-refractivity contribution in [3.05, 3.63) is 77.1 Å². The van der Waals surface area contributed by atoms with Crippen molar-refractivity contribution in [2.24, 2.45) is 5.92 Å². The number of carbonyl (C=O) groups excluding carboxylic acids is 1. The number of fused-ring (bicyclic) bond motifs is 2. The van der Waals surface area contributed by atoms with E-state index in [-0.39, 0.29) is 28.5 Å². The molecule has 3 aliphatic rings. The number of hydrogen-bond acceptors (Lipinski definition) is 6. The lowest BCUT2D eigenvalue weighted by Crippen LogP contribution is -2.50. The molecule has 7 nitrogen and oxygen atoms in total. The molecule has 1 aliphatic carbocycles. The van der Waals surface area contributed by atoms with E-state index in [4.69, 9.17) is 11.6 Å². The van der Waals surface area contributed by atoms with Crippen LogP contribution in [0.15, 0.2) is 65.8 Å². The maximum Gasteiger partial charge on any atom is 0.387 e. The van der Waals surface area contributed by atoms with Crippen LogP contribution in [0.2, 0.25) is 5.02 Å². The molecule has 210 valence electrons. The number of carbonyl (C=O) groups is 1. The molecule has 12 heteroatoms. The molecule has 1 N–H and O–H groups in total. The molecule has 1 unspecified atom stereocenters. The number of ether oxygens (including phenoxy) is 1. The molecule has 1 saturated carbocycles. The van der Waals surface area contributed by atoms with Crippen LogP contribution >= 0.6 is 23.4 Å². The fourth-order valence-corrected chi connectivity index (χ4v) is 9.27. The minimum Gasteiger partial charge on any atom is -0.435 e. The van der Waals surface area contributed by atoms with E-state index < -0.39 is 22.0 Å². The van der Waals surface area contributed by atoms with Gasteiger partial charge in [-0.3, -0.25) is 14.1 Å². The van der Waals surface area contributed by atoms with E-state index in [0.717, 1.165) is 48.8 Å². The van der Waals surface area contributed by atoms with Crippen LogP contribution in [0.4, 0.5) is 20.2 Å². The number of alkyl halides is 2. The van der Waals surface area contributed by atoms with Crippen molar-refractivity contribution in [3.63, 3.8) is 0 Å². The summed E-state index contributed by atoms with van der Waals surface area (Å²) in [6.45, 7) is -3.07. The molecule has 1 amide bonds. The van der Waals surface area contributed by atoms with Gasteiger partial charge >= 0.3 is 6.61 Å². The van der Waals surface area contributed by atoms with Gasteiger partial charge in [-0.2, -0.15) is 20.5 Å². The highest BCUT2D eigenvalue weighted by Gasteiger charge is 2.59. The van der Waals surface area contributed by atoms with E-state index >= 15 is 0 Å². The number of pyridine rings is 1. The Hall–Kier alpha value is -2.89. The van der Waals surface area contributed by atoms with E-state index in [1.165, 1.54) is 34.9 Å².